The quantitative estimate of drug-likeness (QED) is 0.625. The summed E-state index contributed by atoms with van der Waals surface area (Å²) in [5.74, 6) is 6.29. The van der Waals surface area contributed by atoms with Crippen molar-refractivity contribution >= 4 is 15.9 Å². The predicted molar refractivity (Wildman–Crippen MR) is 129 cm³/mol. The van der Waals surface area contributed by atoms with E-state index in [0.29, 0.717) is 11.5 Å². The summed E-state index contributed by atoms with van der Waals surface area (Å²) >= 11 is 0. The molecule has 2 aliphatic rings. The minimum Gasteiger partial charge on any atom is -0.487 e. The third kappa shape index (κ3) is 5.64. The third-order valence-corrected chi connectivity index (χ3v) is 8.27. The van der Waals surface area contributed by atoms with Crippen LogP contribution < -0.4 is 4.74 Å². The van der Waals surface area contributed by atoms with Crippen LogP contribution in [0.3, 0.4) is 0 Å². The number of benzene rings is 1. The van der Waals surface area contributed by atoms with Crippen LogP contribution in [-0.4, -0.2) is 77.5 Å². The maximum absolute atomic E-state index is 13.6. The Morgan fingerprint density at radius 1 is 1.34 bits per heavy atom. The first-order chi connectivity index (χ1) is 16.7. The van der Waals surface area contributed by atoms with E-state index in [2.05, 4.69) is 21.8 Å². The molecule has 0 saturated heterocycles. The number of aliphatic hydroxyl groups excluding tert-OH is 1. The van der Waals surface area contributed by atoms with Gasteiger partial charge in [0.25, 0.3) is 5.91 Å². The van der Waals surface area contributed by atoms with Crippen LogP contribution in [0.2, 0.25) is 0 Å². The standard InChI is InChI=1S/C25H30N4O5S/c1-17-14-29(18(2)16-30)35(32,33)24-9-8-20(7-6-19-4-5-19)12-22(24)34-23(17)15-28(3)25(31)21-13-26-10-11-27-21/h8-13,17-19,23,30H,4-5,14-16H2,1-3H3/t17-,18-,23-/m1/s1. The molecule has 1 amide bonds. The van der Waals surface area contributed by atoms with Crippen molar-refractivity contribution in [1.29, 1.82) is 0 Å². The summed E-state index contributed by atoms with van der Waals surface area (Å²) in [5, 5.41) is 9.78. The first-order valence-corrected chi connectivity index (χ1v) is 13.1. The molecule has 186 valence electrons. The van der Waals surface area contributed by atoms with Crippen molar-refractivity contribution < 1.29 is 23.1 Å². The van der Waals surface area contributed by atoms with E-state index < -0.39 is 22.2 Å². The van der Waals surface area contributed by atoms with Crippen LogP contribution in [0.25, 0.3) is 0 Å². The maximum atomic E-state index is 13.6. The Balaban J connectivity index is 1.69. The van der Waals surface area contributed by atoms with Crippen LogP contribution in [0.4, 0.5) is 0 Å². The molecular formula is C25H30N4O5S. The third-order valence-electron chi connectivity index (χ3n) is 6.25. The molecule has 1 aromatic carbocycles. The number of amides is 1. The number of ether oxygens (including phenoxy) is 1. The molecule has 0 radical (unpaired) electrons. The second kappa shape index (κ2) is 10.3. The average molecular weight is 499 g/mol. The maximum Gasteiger partial charge on any atom is 0.273 e. The summed E-state index contributed by atoms with van der Waals surface area (Å²) in [7, 11) is -2.28. The van der Waals surface area contributed by atoms with E-state index in [1.54, 1.807) is 26.1 Å². The van der Waals surface area contributed by atoms with E-state index in [-0.39, 0.29) is 47.9 Å². The lowest BCUT2D eigenvalue weighted by Crippen LogP contribution is -2.50. The number of aliphatic hydroxyl groups is 1. The minimum atomic E-state index is -3.93. The monoisotopic (exact) mass is 498 g/mol. The Labute approximate surface area is 206 Å². The summed E-state index contributed by atoms with van der Waals surface area (Å²) < 4.78 is 34.7. The van der Waals surface area contributed by atoms with Crippen molar-refractivity contribution in [3.8, 4) is 17.6 Å². The average Bonchev–Trinajstić information content (AvgIpc) is 3.69. The second-order valence-electron chi connectivity index (χ2n) is 9.22. The summed E-state index contributed by atoms with van der Waals surface area (Å²) in [4.78, 5) is 22.4. The van der Waals surface area contributed by atoms with Gasteiger partial charge in [0, 0.05) is 49.4 Å². The number of hydrogen-bond acceptors (Lipinski definition) is 7. The molecule has 35 heavy (non-hydrogen) atoms. The molecule has 4 rings (SSSR count). The largest absolute Gasteiger partial charge is 0.487 e. The van der Waals surface area contributed by atoms with E-state index in [9.17, 15) is 18.3 Å². The smallest absolute Gasteiger partial charge is 0.273 e. The molecule has 0 bridgehead atoms. The molecule has 1 fully saturated rings. The molecule has 1 N–H and O–H groups in total. The minimum absolute atomic E-state index is 0.0228. The first kappa shape index (κ1) is 25.1. The molecule has 1 aromatic heterocycles. The number of carbonyl (C=O) groups excluding carboxylic acids is 1. The Kier molecular flexibility index (Phi) is 7.40. The first-order valence-electron chi connectivity index (χ1n) is 11.7. The number of likely N-dealkylation sites (N-methyl/N-ethyl adjacent to an activating group) is 1. The van der Waals surface area contributed by atoms with Gasteiger partial charge in [0.2, 0.25) is 10.0 Å². The van der Waals surface area contributed by atoms with Gasteiger partial charge in [-0.2, -0.15) is 4.31 Å². The van der Waals surface area contributed by atoms with E-state index in [0.717, 1.165) is 12.8 Å². The Morgan fingerprint density at radius 2 is 2.11 bits per heavy atom. The molecule has 10 heteroatoms. The van der Waals surface area contributed by atoms with Crippen molar-refractivity contribution in [3.05, 3.63) is 48.0 Å². The molecule has 3 atom stereocenters. The van der Waals surface area contributed by atoms with Gasteiger partial charge in [-0.3, -0.25) is 9.78 Å². The zero-order valence-electron chi connectivity index (χ0n) is 20.1. The number of rotatable bonds is 5. The lowest BCUT2D eigenvalue weighted by molar-refractivity contribution is 0.0559. The summed E-state index contributed by atoms with van der Waals surface area (Å²) in [5.41, 5.74) is 0.883. The van der Waals surface area contributed by atoms with E-state index in [1.807, 2.05) is 6.92 Å². The number of nitrogens with zero attached hydrogens (tertiary/aromatic N) is 4. The van der Waals surface area contributed by atoms with Crippen LogP contribution in [-0.2, 0) is 10.0 Å². The predicted octanol–water partition coefficient (Wildman–Crippen LogP) is 1.78. The van der Waals surface area contributed by atoms with Gasteiger partial charge in [-0.1, -0.05) is 18.8 Å². The molecule has 1 aliphatic heterocycles. The lowest BCUT2D eigenvalue weighted by Gasteiger charge is -2.37. The molecule has 2 heterocycles. The highest BCUT2D eigenvalue weighted by molar-refractivity contribution is 7.89. The van der Waals surface area contributed by atoms with Crippen LogP contribution in [0.15, 0.2) is 41.7 Å². The van der Waals surface area contributed by atoms with Crippen molar-refractivity contribution in [2.24, 2.45) is 11.8 Å². The Hall–Kier alpha value is -3.00. The van der Waals surface area contributed by atoms with Crippen molar-refractivity contribution in [3.63, 3.8) is 0 Å². The van der Waals surface area contributed by atoms with Crippen LogP contribution in [0.1, 0.15) is 42.7 Å². The molecule has 9 nitrogen and oxygen atoms in total. The topological polar surface area (TPSA) is 113 Å². The summed E-state index contributed by atoms with van der Waals surface area (Å²) in [6.07, 6.45) is 6.00. The number of sulfonamides is 1. The highest BCUT2D eigenvalue weighted by Gasteiger charge is 2.38. The van der Waals surface area contributed by atoms with Gasteiger partial charge in [-0.15, -0.1) is 0 Å². The zero-order valence-corrected chi connectivity index (χ0v) is 20.9. The molecule has 0 unspecified atom stereocenters. The van der Waals surface area contributed by atoms with Crippen molar-refractivity contribution in [2.75, 3.05) is 26.7 Å². The van der Waals surface area contributed by atoms with Gasteiger partial charge in [-0.05, 0) is 38.0 Å². The number of aromatic nitrogens is 2. The second-order valence-corrected chi connectivity index (χ2v) is 11.1. The van der Waals surface area contributed by atoms with Gasteiger partial charge >= 0.3 is 0 Å². The van der Waals surface area contributed by atoms with Gasteiger partial charge in [0.15, 0.2) is 0 Å². The van der Waals surface area contributed by atoms with Crippen molar-refractivity contribution in [2.45, 2.75) is 43.7 Å². The summed E-state index contributed by atoms with van der Waals surface area (Å²) in [6.45, 7) is 3.56. The molecule has 2 aromatic rings. The zero-order chi connectivity index (χ0) is 25.2. The highest BCUT2D eigenvalue weighted by atomic mass is 32.2. The van der Waals surface area contributed by atoms with E-state index in [4.69, 9.17) is 4.74 Å². The van der Waals surface area contributed by atoms with E-state index >= 15 is 0 Å². The van der Waals surface area contributed by atoms with Gasteiger partial charge in [0.05, 0.1) is 19.3 Å². The number of fused-ring (bicyclic) bond motifs is 1. The highest BCUT2D eigenvalue weighted by Crippen LogP contribution is 2.34. The fourth-order valence-corrected chi connectivity index (χ4v) is 5.72. The van der Waals surface area contributed by atoms with Gasteiger partial charge < -0.3 is 14.7 Å². The van der Waals surface area contributed by atoms with Gasteiger partial charge in [0.1, 0.15) is 22.4 Å². The Bertz CT molecular complexity index is 1240. The van der Waals surface area contributed by atoms with Gasteiger partial charge in [-0.25, -0.2) is 13.4 Å². The van der Waals surface area contributed by atoms with Crippen molar-refractivity contribution in [1.82, 2.24) is 19.2 Å². The van der Waals surface area contributed by atoms with Crippen LogP contribution in [0.5, 0.6) is 5.75 Å². The Morgan fingerprint density at radius 3 is 2.77 bits per heavy atom. The summed E-state index contributed by atoms with van der Waals surface area (Å²) in [6, 6.07) is 4.22. The molecule has 1 aliphatic carbocycles. The fourth-order valence-electron chi connectivity index (χ4n) is 3.89. The number of carbonyl (C=O) groups is 1. The number of hydrogen-bond donors (Lipinski definition) is 1. The van der Waals surface area contributed by atoms with Crippen LogP contribution >= 0.6 is 0 Å². The lowest BCUT2D eigenvalue weighted by atomic mass is 10.0. The molecule has 1 saturated carbocycles. The molecular weight excluding hydrogens is 468 g/mol. The van der Waals surface area contributed by atoms with E-state index in [1.165, 1.54) is 33.9 Å². The SMILES string of the molecule is C[C@@H]1CN([C@H](C)CO)S(=O)(=O)c2ccc(C#CC3CC3)cc2O[C@@H]1CN(C)C(=O)c1cnccn1. The fraction of sp³-hybridized carbons (Fsp3) is 0.480. The van der Waals surface area contributed by atoms with Crippen LogP contribution in [0, 0.1) is 23.7 Å². The molecule has 0 spiro atoms. The normalized spacial score (nSPS) is 22.4.